The van der Waals surface area contributed by atoms with E-state index in [1.807, 2.05) is 5.41 Å². The van der Waals surface area contributed by atoms with E-state index in [9.17, 15) is 4.79 Å². The molecule has 0 spiro atoms. The Labute approximate surface area is 226 Å². The second-order valence-corrected chi connectivity index (χ2v) is 11.8. The summed E-state index contributed by atoms with van der Waals surface area (Å²) in [5, 5.41) is 2.28. The lowest BCUT2D eigenvalue weighted by atomic mass is 10.0. The summed E-state index contributed by atoms with van der Waals surface area (Å²) in [6.07, 6.45) is 24.7. The zero-order valence-corrected chi connectivity index (χ0v) is 24.6. The van der Waals surface area contributed by atoms with Crippen LogP contribution in [0.15, 0.2) is 11.1 Å². The SMILES string of the molecule is CCCCCCCCCCCCCCCCOC[N+]1(C2CCO2)C(C(=O)OC)=CSC1CCCCC. The molecule has 2 aliphatic heterocycles. The number of methoxy groups -OCH3 is 1. The number of hydrogen-bond acceptors (Lipinski definition) is 5. The lowest BCUT2D eigenvalue weighted by molar-refractivity contribution is -0.967. The van der Waals surface area contributed by atoms with Gasteiger partial charge in [0.25, 0.3) is 0 Å². The van der Waals surface area contributed by atoms with Gasteiger partial charge >= 0.3 is 5.97 Å². The molecule has 2 aliphatic rings. The van der Waals surface area contributed by atoms with Gasteiger partial charge in [-0.25, -0.2) is 9.28 Å². The summed E-state index contributed by atoms with van der Waals surface area (Å²) < 4.78 is 17.9. The van der Waals surface area contributed by atoms with Crippen molar-refractivity contribution in [3.05, 3.63) is 11.1 Å². The molecule has 0 amide bonds. The molecule has 0 N–H and O–H groups in total. The fourth-order valence-corrected chi connectivity index (χ4v) is 6.88. The van der Waals surface area contributed by atoms with Gasteiger partial charge in [-0.05, 0) is 12.8 Å². The van der Waals surface area contributed by atoms with Crippen molar-refractivity contribution >= 4 is 17.7 Å². The van der Waals surface area contributed by atoms with Gasteiger partial charge in [-0.1, -0.05) is 122 Å². The van der Waals surface area contributed by atoms with Crippen molar-refractivity contribution in [2.75, 3.05) is 27.1 Å². The highest BCUT2D eigenvalue weighted by Gasteiger charge is 2.57. The fourth-order valence-electron chi connectivity index (χ4n) is 5.47. The van der Waals surface area contributed by atoms with E-state index in [1.54, 1.807) is 11.8 Å². The summed E-state index contributed by atoms with van der Waals surface area (Å²) in [6, 6.07) is 0. The average Bonchev–Trinajstić information content (AvgIpc) is 3.20. The highest BCUT2D eigenvalue weighted by molar-refractivity contribution is 8.02. The smallest absolute Gasteiger partial charge is 0.393 e. The van der Waals surface area contributed by atoms with Crippen LogP contribution in [0.2, 0.25) is 0 Å². The first-order chi connectivity index (χ1) is 17.7. The monoisotopic (exact) mass is 526 g/mol. The first-order valence-corrected chi connectivity index (χ1v) is 16.2. The Morgan fingerprint density at radius 3 is 1.92 bits per heavy atom. The summed E-state index contributed by atoms with van der Waals surface area (Å²) >= 11 is 1.77. The van der Waals surface area contributed by atoms with Crippen molar-refractivity contribution < 1.29 is 23.5 Å². The minimum absolute atomic E-state index is 0.00770. The summed E-state index contributed by atoms with van der Waals surface area (Å²) in [7, 11) is 1.48. The molecule has 3 atom stereocenters. The van der Waals surface area contributed by atoms with Gasteiger partial charge in [0, 0.05) is 11.8 Å². The largest absolute Gasteiger partial charge is 0.462 e. The number of quaternary nitrogens is 1. The van der Waals surface area contributed by atoms with E-state index < -0.39 is 0 Å². The number of esters is 1. The quantitative estimate of drug-likeness (QED) is 0.0757. The molecule has 36 heavy (non-hydrogen) atoms. The second-order valence-electron chi connectivity index (χ2n) is 10.8. The molecule has 3 unspecified atom stereocenters. The molecular formula is C30H56NO4S+. The lowest BCUT2D eigenvalue weighted by Gasteiger charge is -2.48. The van der Waals surface area contributed by atoms with E-state index in [0.29, 0.717) is 11.2 Å². The van der Waals surface area contributed by atoms with Crippen LogP contribution >= 0.6 is 11.8 Å². The summed E-state index contributed by atoms with van der Waals surface area (Å²) in [4.78, 5) is 12.7. The first-order valence-electron chi connectivity index (χ1n) is 15.2. The van der Waals surface area contributed by atoms with Crippen molar-refractivity contribution in [2.45, 2.75) is 147 Å². The minimum Gasteiger partial charge on any atom is -0.462 e. The number of rotatable bonds is 23. The van der Waals surface area contributed by atoms with Gasteiger partial charge in [0.15, 0.2) is 6.73 Å². The Morgan fingerprint density at radius 1 is 0.889 bits per heavy atom. The average molecular weight is 527 g/mol. The van der Waals surface area contributed by atoms with E-state index in [1.165, 1.54) is 110 Å². The normalized spacial score (nSPS) is 23.5. The van der Waals surface area contributed by atoms with Gasteiger partial charge < -0.3 is 14.2 Å². The zero-order chi connectivity index (χ0) is 25.9. The van der Waals surface area contributed by atoms with Gasteiger partial charge in [0.2, 0.25) is 11.9 Å². The predicted molar refractivity (Wildman–Crippen MR) is 151 cm³/mol. The molecule has 2 rings (SSSR count). The highest BCUT2D eigenvalue weighted by Crippen LogP contribution is 2.47. The van der Waals surface area contributed by atoms with Crippen LogP contribution in [0.5, 0.6) is 0 Å². The van der Waals surface area contributed by atoms with Crippen LogP contribution in [-0.2, 0) is 19.0 Å². The van der Waals surface area contributed by atoms with E-state index in [2.05, 4.69) is 13.8 Å². The topological polar surface area (TPSA) is 44.8 Å². The van der Waals surface area contributed by atoms with Crippen LogP contribution in [0, 0.1) is 0 Å². The Balaban J connectivity index is 1.63. The molecule has 210 valence electrons. The van der Waals surface area contributed by atoms with Crippen molar-refractivity contribution in [3.63, 3.8) is 0 Å². The molecule has 2 heterocycles. The van der Waals surface area contributed by atoms with Crippen LogP contribution in [0.1, 0.15) is 136 Å². The van der Waals surface area contributed by atoms with E-state index in [-0.39, 0.29) is 17.6 Å². The minimum atomic E-state index is -0.240. The third-order valence-electron chi connectivity index (χ3n) is 7.88. The third kappa shape index (κ3) is 10.3. The van der Waals surface area contributed by atoms with Gasteiger partial charge in [-0.2, -0.15) is 0 Å². The van der Waals surface area contributed by atoms with Crippen LogP contribution in [0.25, 0.3) is 0 Å². The van der Waals surface area contributed by atoms with Gasteiger partial charge in [0.1, 0.15) is 5.37 Å². The molecule has 6 heteroatoms. The molecule has 0 saturated carbocycles. The van der Waals surface area contributed by atoms with Crippen molar-refractivity contribution in [1.29, 1.82) is 0 Å². The second kappa shape index (κ2) is 19.5. The Kier molecular flexibility index (Phi) is 17.1. The predicted octanol–water partition coefficient (Wildman–Crippen LogP) is 8.67. The Hall–Kier alpha value is -0.560. The number of nitrogens with zero attached hydrogens (tertiary/aromatic N) is 1. The number of carbonyl (C=O) groups is 1. The fraction of sp³-hybridized carbons (Fsp3) is 0.900. The Bertz CT molecular complexity index is 610. The molecule has 1 fully saturated rings. The Morgan fingerprint density at radius 2 is 1.42 bits per heavy atom. The van der Waals surface area contributed by atoms with Crippen LogP contribution in [0.4, 0.5) is 0 Å². The van der Waals surface area contributed by atoms with E-state index >= 15 is 0 Å². The highest BCUT2D eigenvalue weighted by atomic mass is 32.2. The van der Waals surface area contributed by atoms with Gasteiger partial charge in [0.05, 0.1) is 26.7 Å². The molecule has 0 bridgehead atoms. The molecule has 0 aromatic heterocycles. The summed E-state index contributed by atoms with van der Waals surface area (Å²) in [6.45, 7) is 6.55. The molecule has 0 aromatic carbocycles. The molecule has 1 saturated heterocycles. The van der Waals surface area contributed by atoms with E-state index in [0.717, 1.165) is 38.2 Å². The standard InChI is InChI=1S/C30H56NO4S/c1-4-6-8-9-10-11-12-13-14-15-16-17-18-20-23-34-26-31(28-22-24-35-28)27(30(32)33-3)25-36-29(31)21-19-7-5-2/h25,28-29H,4-24,26H2,1-3H3/q+1. The van der Waals surface area contributed by atoms with E-state index in [4.69, 9.17) is 14.2 Å². The maximum absolute atomic E-state index is 12.7. The number of carbonyl (C=O) groups excluding carboxylic acids is 1. The number of hydrogen-bond donors (Lipinski definition) is 0. The molecule has 0 radical (unpaired) electrons. The zero-order valence-electron chi connectivity index (χ0n) is 23.8. The molecule has 5 nitrogen and oxygen atoms in total. The maximum atomic E-state index is 12.7. The molecule has 0 aliphatic carbocycles. The number of thioether (sulfide) groups is 1. The number of ether oxygens (including phenoxy) is 3. The van der Waals surface area contributed by atoms with Gasteiger partial charge in [-0.15, -0.1) is 0 Å². The lowest BCUT2D eigenvalue weighted by Crippen LogP contribution is -2.64. The van der Waals surface area contributed by atoms with Crippen molar-refractivity contribution in [1.82, 2.24) is 0 Å². The van der Waals surface area contributed by atoms with Crippen molar-refractivity contribution in [2.24, 2.45) is 0 Å². The van der Waals surface area contributed by atoms with Gasteiger partial charge in [-0.3, -0.25) is 0 Å². The van der Waals surface area contributed by atoms with Crippen LogP contribution in [-0.4, -0.2) is 49.1 Å². The third-order valence-corrected chi connectivity index (χ3v) is 9.17. The molecule has 0 aromatic rings. The molecular weight excluding hydrogens is 470 g/mol. The number of unbranched alkanes of at least 4 members (excludes halogenated alkanes) is 15. The van der Waals surface area contributed by atoms with Crippen LogP contribution < -0.4 is 0 Å². The first kappa shape index (κ1) is 31.7. The summed E-state index contributed by atoms with van der Waals surface area (Å²) in [5.74, 6) is -0.240. The van der Waals surface area contributed by atoms with Crippen LogP contribution in [0.3, 0.4) is 0 Å². The summed E-state index contributed by atoms with van der Waals surface area (Å²) in [5.41, 5.74) is 0.717. The maximum Gasteiger partial charge on any atom is 0.393 e. The van der Waals surface area contributed by atoms with Crippen molar-refractivity contribution in [3.8, 4) is 0 Å².